The van der Waals surface area contributed by atoms with Crippen LogP contribution in [0.2, 0.25) is 0 Å². The molecule has 0 radical (unpaired) electrons. The molecule has 1 heterocycles. The first-order chi connectivity index (χ1) is 7.54. The number of hydrogen-bond donors (Lipinski definition) is 0. The molecule has 1 aromatic heterocycles. The predicted octanol–water partition coefficient (Wildman–Crippen LogP) is 2.72. The lowest BCUT2D eigenvalue weighted by Crippen LogP contribution is -2.34. The third-order valence-corrected chi connectivity index (χ3v) is 2.38. The summed E-state index contributed by atoms with van der Waals surface area (Å²) in [5, 5.41) is 8.03. The molecule has 92 valence electrons. The van der Waals surface area contributed by atoms with E-state index in [1.165, 1.54) is 0 Å². The molecule has 0 aliphatic carbocycles. The normalized spacial score (nSPS) is 11.4. The Bertz CT molecular complexity index is 312. The van der Waals surface area contributed by atoms with Crippen molar-refractivity contribution in [1.82, 2.24) is 10.2 Å². The van der Waals surface area contributed by atoms with Gasteiger partial charge in [-0.2, -0.15) is 0 Å². The monoisotopic (exact) mass is 245 g/mol. The van der Waals surface area contributed by atoms with Gasteiger partial charge in [0.25, 0.3) is 0 Å². The number of anilines is 1. The summed E-state index contributed by atoms with van der Waals surface area (Å²) in [7, 11) is 0. The minimum absolute atomic E-state index is 0.353. The van der Waals surface area contributed by atoms with Gasteiger partial charge in [0.05, 0.1) is 0 Å². The van der Waals surface area contributed by atoms with Crippen LogP contribution in [-0.4, -0.2) is 28.7 Å². The smallest absolute Gasteiger partial charge is 0.318 e. The number of halogens is 1. The van der Waals surface area contributed by atoms with Gasteiger partial charge in [-0.15, -0.1) is 16.7 Å². The van der Waals surface area contributed by atoms with Gasteiger partial charge < -0.3 is 9.32 Å². The summed E-state index contributed by atoms with van der Waals surface area (Å²) < 4.78 is 5.57. The molecular formula is C11H20ClN3O. The van der Waals surface area contributed by atoms with E-state index >= 15 is 0 Å². The van der Waals surface area contributed by atoms with Crippen LogP contribution >= 0.6 is 11.6 Å². The fourth-order valence-electron chi connectivity index (χ4n) is 1.45. The molecular weight excluding hydrogens is 226 g/mol. The number of nitrogens with zero attached hydrogens (tertiary/aromatic N) is 3. The summed E-state index contributed by atoms with van der Waals surface area (Å²) in [6, 6.07) is 0.954. The lowest BCUT2D eigenvalue weighted by molar-refractivity contribution is 0.458. The molecule has 1 rings (SSSR count). The predicted molar refractivity (Wildman–Crippen MR) is 66.0 cm³/mol. The highest BCUT2D eigenvalue weighted by Gasteiger charge is 2.18. The molecule has 16 heavy (non-hydrogen) atoms. The summed E-state index contributed by atoms with van der Waals surface area (Å²) in [6.45, 7) is 9.50. The van der Waals surface area contributed by atoms with E-state index in [2.05, 4.69) is 42.8 Å². The fraction of sp³-hybridized carbons (Fsp3) is 0.818. The van der Waals surface area contributed by atoms with Crippen molar-refractivity contribution >= 4 is 17.6 Å². The number of rotatable bonds is 6. The molecule has 0 fully saturated rings. The molecule has 0 saturated carbocycles. The van der Waals surface area contributed by atoms with Crippen LogP contribution in [0.25, 0.3) is 0 Å². The zero-order valence-electron chi connectivity index (χ0n) is 10.4. The summed E-state index contributed by atoms with van der Waals surface area (Å²) in [5.74, 6) is 1.68. The van der Waals surface area contributed by atoms with Gasteiger partial charge in [0, 0.05) is 24.9 Å². The highest BCUT2D eigenvalue weighted by atomic mass is 35.5. The van der Waals surface area contributed by atoms with Gasteiger partial charge in [-0.3, -0.25) is 0 Å². The first kappa shape index (κ1) is 13.3. The number of aryl methyl sites for hydroxylation is 1. The van der Waals surface area contributed by atoms with Gasteiger partial charge in [-0.1, -0.05) is 18.9 Å². The van der Waals surface area contributed by atoms with Gasteiger partial charge in [0.2, 0.25) is 5.89 Å². The van der Waals surface area contributed by atoms with E-state index in [-0.39, 0.29) is 0 Å². The minimum Gasteiger partial charge on any atom is -0.408 e. The minimum atomic E-state index is 0.353. The van der Waals surface area contributed by atoms with E-state index in [1.807, 2.05) is 0 Å². The van der Waals surface area contributed by atoms with E-state index in [0.29, 0.717) is 36.2 Å². The van der Waals surface area contributed by atoms with E-state index in [0.717, 1.165) is 6.54 Å². The number of aromatic nitrogens is 2. The average molecular weight is 246 g/mol. The zero-order valence-corrected chi connectivity index (χ0v) is 11.2. The van der Waals surface area contributed by atoms with E-state index in [1.54, 1.807) is 0 Å². The van der Waals surface area contributed by atoms with Crippen molar-refractivity contribution in [3.63, 3.8) is 0 Å². The molecule has 0 spiro atoms. The molecule has 0 aliphatic heterocycles. The quantitative estimate of drug-likeness (QED) is 0.723. The Kier molecular flexibility index (Phi) is 5.06. The van der Waals surface area contributed by atoms with Crippen molar-refractivity contribution in [3.05, 3.63) is 5.89 Å². The van der Waals surface area contributed by atoms with E-state index < -0.39 is 0 Å². The molecule has 1 aromatic rings. The lowest BCUT2D eigenvalue weighted by atomic mass is 10.2. The summed E-state index contributed by atoms with van der Waals surface area (Å²) in [6.07, 6.45) is 0.627. The molecule has 0 bridgehead atoms. The van der Waals surface area contributed by atoms with Crippen LogP contribution in [0.1, 0.15) is 33.6 Å². The highest BCUT2D eigenvalue weighted by Crippen LogP contribution is 2.17. The first-order valence-corrected chi connectivity index (χ1v) is 6.23. The maximum Gasteiger partial charge on any atom is 0.318 e. The van der Waals surface area contributed by atoms with Crippen molar-refractivity contribution in [2.45, 2.75) is 40.2 Å². The second-order valence-electron chi connectivity index (χ2n) is 4.56. The molecule has 0 aliphatic rings. The first-order valence-electron chi connectivity index (χ1n) is 5.69. The molecule has 0 aromatic carbocycles. The zero-order chi connectivity index (χ0) is 12.1. The van der Waals surface area contributed by atoms with Gasteiger partial charge in [0.1, 0.15) is 0 Å². The average Bonchev–Trinajstić information content (AvgIpc) is 2.62. The maximum atomic E-state index is 5.63. The van der Waals surface area contributed by atoms with Crippen molar-refractivity contribution in [2.24, 2.45) is 5.92 Å². The Balaban J connectivity index is 2.76. The van der Waals surface area contributed by atoms with Gasteiger partial charge >= 0.3 is 6.01 Å². The van der Waals surface area contributed by atoms with Crippen LogP contribution in [0.15, 0.2) is 4.42 Å². The second-order valence-corrected chi connectivity index (χ2v) is 4.94. The molecule has 0 atom stereocenters. The lowest BCUT2D eigenvalue weighted by Gasteiger charge is -2.26. The molecule has 0 unspecified atom stereocenters. The van der Waals surface area contributed by atoms with Gasteiger partial charge in [-0.05, 0) is 19.8 Å². The molecule has 0 N–H and O–H groups in total. The Hall–Kier alpha value is -0.770. The summed E-state index contributed by atoms with van der Waals surface area (Å²) in [5.41, 5.74) is 0. The van der Waals surface area contributed by atoms with Crippen LogP contribution in [-0.2, 0) is 6.42 Å². The van der Waals surface area contributed by atoms with Crippen molar-refractivity contribution < 1.29 is 4.42 Å². The summed E-state index contributed by atoms with van der Waals surface area (Å²) >= 11 is 5.63. The Morgan fingerprint density at radius 1 is 1.25 bits per heavy atom. The van der Waals surface area contributed by atoms with Crippen LogP contribution in [0.3, 0.4) is 0 Å². The number of hydrogen-bond acceptors (Lipinski definition) is 4. The standard InChI is InChI=1S/C11H20ClN3O/c1-8(2)7-15(9(3)4)11-14-13-10(16-11)5-6-12/h8-9H,5-7H2,1-4H3. The summed E-state index contributed by atoms with van der Waals surface area (Å²) in [4.78, 5) is 2.12. The molecule has 0 saturated heterocycles. The van der Waals surface area contributed by atoms with Crippen LogP contribution in [0, 0.1) is 5.92 Å². The van der Waals surface area contributed by atoms with Gasteiger partial charge in [0.15, 0.2) is 0 Å². The van der Waals surface area contributed by atoms with E-state index in [4.69, 9.17) is 16.0 Å². The van der Waals surface area contributed by atoms with Crippen molar-refractivity contribution in [1.29, 1.82) is 0 Å². The highest BCUT2D eigenvalue weighted by molar-refractivity contribution is 6.17. The Morgan fingerprint density at radius 2 is 1.94 bits per heavy atom. The van der Waals surface area contributed by atoms with E-state index in [9.17, 15) is 0 Å². The van der Waals surface area contributed by atoms with Crippen LogP contribution < -0.4 is 4.90 Å². The van der Waals surface area contributed by atoms with Crippen molar-refractivity contribution in [2.75, 3.05) is 17.3 Å². The van der Waals surface area contributed by atoms with Crippen molar-refractivity contribution in [3.8, 4) is 0 Å². The largest absolute Gasteiger partial charge is 0.408 e. The topological polar surface area (TPSA) is 42.2 Å². The van der Waals surface area contributed by atoms with Crippen LogP contribution in [0.4, 0.5) is 6.01 Å². The molecule has 5 heteroatoms. The maximum absolute atomic E-state index is 5.63. The fourth-order valence-corrected chi connectivity index (χ4v) is 1.61. The molecule has 4 nitrogen and oxygen atoms in total. The third-order valence-electron chi connectivity index (χ3n) is 2.20. The Morgan fingerprint density at radius 3 is 2.44 bits per heavy atom. The Labute approximate surface area is 102 Å². The number of alkyl halides is 1. The van der Waals surface area contributed by atoms with Gasteiger partial charge in [-0.25, -0.2) is 0 Å². The second kappa shape index (κ2) is 6.09. The third kappa shape index (κ3) is 3.67. The SMILES string of the molecule is CC(C)CN(c1nnc(CCCl)o1)C(C)C. The van der Waals surface area contributed by atoms with Crippen LogP contribution in [0.5, 0.6) is 0 Å². The molecule has 0 amide bonds.